The number of hydrogen-bond donors (Lipinski definition) is 1. The van der Waals surface area contributed by atoms with Crippen LogP contribution in [0.25, 0.3) is 22.2 Å². The third-order valence-corrected chi connectivity index (χ3v) is 5.24. The lowest BCUT2D eigenvalue weighted by molar-refractivity contribution is 0.323. The molecule has 0 saturated carbocycles. The number of ether oxygens (including phenoxy) is 1. The van der Waals surface area contributed by atoms with Gasteiger partial charge in [-0.25, -0.2) is 13.1 Å². The molecule has 0 unspecified atom stereocenters. The van der Waals surface area contributed by atoms with E-state index in [-0.39, 0.29) is 13.2 Å². The minimum Gasteiger partial charge on any atom is -0.492 e. The Hall–Kier alpha value is -2.82. The maximum absolute atomic E-state index is 11.1. The van der Waals surface area contributed by atoms with E-state index in [0.717, 1.165) is 40.5 Å². The molecule has 1 aromatic heterocycles. The highest BCUT2D eigenvalue weighted by Crippen LogP contribution is 2.34. The Morgan fingerprint density at radius 3 is 2.50 bits per heavy atom. The van der Waals surface area contributed by atoms with E-state index in [1.54, 1.807) is 0 Å². The van der Waals surface area contributed by atoms with E-state index in [1.807, 2.05) is 43.3 Å². The lowest BCUT2D eigenvalue weighted by atomic mass is 10.1. The zero-order valence-corrected chi connectivity index (χ0v) is 17.0. The van der Waals surface area contributed by atoms with E-state index in [0.29, 0.717) is 11.3 Å². The number of nitriles is 1. The highest BCUT2D eigenvalue weighted by molar-refractivity contribution is 7.88. The largest absolute Gasteiger partial charge is 0.492 e. The first-order chi connectivity index (χ1) is 13.3. The summed E-state index contributed by atoms with van der Waals surface area (Å²) in [6, 6.07) is 16.0. The summed E-state index contributed by atoms with van der Waals surface area (Å²) >= 11 is 0. The molecular formula is C21H23N3O3S. The van der Waals surface area contributed by atoms with Crippen molar-refractivity contribution in [3.63, 3.8) is 0 Å². The van der Waals surface area contributed by atoms with Gasteiger partial charge in [0.1, 0.15) is 18.4 Å². The molecule has 3 rings (SSSR count). The Kier molecular flexibility index (Phi) is 5.73. The van der Waals surface area contributed by atoms with Crippen molar-refractivity contribution < 1.29 is 13.2 Å². The number of benzene rings is 2. The van der Waals surface area contributed by atoms with E-state index >= 15 is 0 Å². The summed E-state index contributed by atoms with van der Waals surface area (Å²) in [5, 5.41) is 10.7. The van der Waals surface area contributed by atoms with Crippen LogP contribution in [-0.2, 0) is 16.6 Å². The third kappa shape index (κ3) is 4.19. The van der Waals surface area contributed by atoms with Gasteiger partial charge in [-0.2, -0.15) is 5.26 Å². The number of hydrogen-bond acceptors (Lipinski definition) is 4. The molecule has 28 heavy (non-hydrogen) atoms. The van der Waals surface area contributed by atoms with E-state index < -0.39 is 10.0 Å². The minimum atomic E-state index is -3.22. The number of rotatable bonds is 7. The van der Waals surface area contributed by atoms with Crippen LogP contribution in [0.1, 0.15) is 18.1 Å². The Labute approximate surface area is 165 Å². The highest BCUT2D eigenvalue weighted by Gasteiger charge is 2.18. The predicted octanol–water partition coefficient (Wildman–Crippen LogP) is 3.44. The summed E-state index contributed by atoms with van der Waals surface area (Å²) in [6.45, 7) is 5.32. The van der Waals surface area contributed by atoms with Gasteiger partial charge in [-0.1, -0.05) is 12.1 Å². The van der Waals surface area contributed by atoms with Crippen molar-refractivity contribution in [2.75, 3.05) is 19.4 Å². The minimum absolute atomic E-state index is 0.211. The molecule has 2 aromatic carbocycles. The maximum Gasteiger partial charge on any atom is 0.208 e. The van der Waals surface area contributed by atoms with E-state index in [1.165, 1.54) is 0 Å². The lowest BCUT2D eigenvalue weighted by Crippen LogP contribution is -2.26. The van der Waals surface area contributed by atoms with Crippen molar-refractivity contribution in [2.24, 2.45) is 0 Å². The molecule has 0 aliphatic carbocycles. The summed E-state index contributed by atoms with van der Waals surface area (Å²) < 4.78 is 32.3. The molecule has 0 fully saturated rings. The fraction of sp³-hybridized carbons (Fsp3) is 0.286. The fourth-order valence-electron chi connectivity index (χ4n) is 3.31. The molecule has 0 aliphatic heterocycles. The van der Waals surface area contributed by atoms with Gasteiger partial charge < -0.3 is 9.30 Å². The first-order valence-electron chi connectivity index (χ1n) is 9.05. The van der Waals surface area contributed by atoms with Crippen molar-refractivity contribution >= 4 is 20.9 Å². The number of nitrogens with one attached hydrogen (secondary N) is 1. The van der Waals surface area contributed by atoms with Crippen molar-refractivity contribution in [1.29, 1.82) is 5.26 Å². The number of nitrogens with zero attached hydrogens (tertiary/aromatic N) is 2. The molecule has 0 atom stereocenters. The van der Waals surface area contributed by atoms with Crippen molar-refractivity contribution in [3.05, 3.63) is 53.6 Å². The van der Waals surface area contributed by atoms with Crippen LogP contribution in [0, 0.1) is 18.3 Å². The molecule has 1 heterocycles. The first-order valence-corrected chi connectivity index (χ1v) is 10.9. The molecule has 0 radical (unpaired) electrons. The van der Waals surface area contributed by atoms with E-state index in [2.05, 4.69) is 28.3 Å². The molecule has 7 heteroatoms. The zero-order chi connectivity index (χ0) is 20.3. The molecule has 0 saturated heterocycles. The normalized spacial score (nSPS) is 11.5. The monoisotopic (exact) mass is 397 g/mol. The van der Waals surface area contributed by atoms with Gasteiger partial charge in [0.05, 0.1) is 23.0 Å². The molecule has 6 nitrogen and oxygen atoms in total. The Morgan fingerprint density at radius 2 is 1.89 bits per heavy atom. The van der Waals surface area contributed by atoms with Gasteiger partial charge in [0.2, 0.25) is 10.0 Å². The fourth-order valence-corrected chi connectivity index (χ4v) is 3.76. The second-order valence-electron chi connectivity index (χ2n) is 6.64. The van der Waals surface area contributed by atoms with Crippen molar-refractivity contribution in [3.8, 4) is 23.1 Å². The number of sulfonamides is 1. The molecule has 0 bridgehead atoms. The predicted molar refractivity (Wildman–Crippen MR) is 111 cm³/mol. The molecule has 0 spiro atoms. The molecule has 146 valence electrons. The topological polar surface area (TPSA) is 84.1 Å². The highest BCUT2D eigenvalue weighted by atomic mass is 32.2. The zero-order valence-electron chi connectivity index (χ0n) is 16.2. The first kappa shape index (κ1) is 19.9. The Bertz CT molecular complexity index is 1140. The maximum atomic E-state index is 11.1. The number of aromatic nitrogens is 1. The second-order valence-corrected chi connectivity index (χ2v) is 8.47. The Morgan fingerprint density at radius 1 is 1.18 bits per heavy atom. The average molecular weight is 398 g/mol. The van der Waals surface area contributed by atoms with Gasteiger partial charge in [0, 0.05) is 18.5 Å². The molecule has 1 N–H and O–H groups in total. The van der Waals surface area contributed by atoms with E-state index in [4.69, 9.17) is 4.74 Å². The smallest absolute Gasteiger partial charge is 0.208 e. The summed E-state index contributed by atoms with van der Waals surface area (Å²) in [5.74, 6) is 0.646. The third-order valence-electron chi connectivity index (χ3n) is 4.51. The summed E-state index contributed by atoms with van der Waals surface area (Å²) in [4.78, 5) is 0. The van der Waals surface area contributed by atoms with Gasteiger partial charge >= 0.3 is 0 Å². The van der Waals surface area contributed by atoms with Crippen LogP contribution in [0.5, 0.6) is 5.75 Å². The van der Waals surface area contributed by atoms with Gasteiger partial charge in [0.15, 0.2) is 0 Å². The summed E-state index contributed by atoms with van der Waals surface area (Å²) in [5.41, 5.74) is 4.72. The summed E-state index contributed by atoms with van der Waals surface area (Å²) in [7, 11) is -3.22. The second kappa shape index (κ2) is 8.05. The SMILES string of the molecule is CCn1c(-c2ccc(OCCNS(C)(=O)=O)cc2)c(C#N)c2ccc(C)cc21. The van der Waals surface area contributed by atoms with Crippen LogP contribution in [0.15, 0.2) is 42.5 Å². The van der Waals surface area contributed by atoms with Crippen LogP contribution in [0.4, 0.5) is 0 Å². The van der Waals surface area contributed by atoms with Crippen LogP contribution in [0.2, 0.25) is 0 Å². The molecular weight excluding hydrogens is 374 g/mol. The van der Waals surface area contributed by atoms with Crippen LogP contribution in [0.3, 0.4) is 0 Å². The Balaban J connectivity index is 1.90. The molecule has 0 amide bonds. The van der Waals surface area contributed by atoms with Gasteiger partial charge in [-0.15, -0.1) is 0 Å². The van der Waals surface area contributed by atoms with Crippen LogP contribution in [-0.4, -0.2) is 32.4 Å². The van der Waals surface area contributed by atoms with Gasteiger partial charge in [-0.05, 0) is 55.3 Å². The van der Waals surface area contributed by atoms with E-state index in [9.17, 15) is 13.7 Å². The molecule has 0 aliphatic rings. The molecule has 3 aromatic rings. The van der Waals surface area contributed by atoms with Gasteiger partial charge in [-0.3, -0.25) is 0 Å². The summed E-state index contributed by atoms with van der Waals surface area (Å²) in [6.07, 6.45) is 1.11. The van der Waals surface area contributed by atoms with Crippen molar-refractivity contribution in [2.45, 2.75) is 20.4 Å². The lowest BCUT2D eigenvalue weighted by Gasteiger charge is -2.11. The van der Waals surface area contributed by atoms with Crippen LogP contribution < -0.4 is 9.46 Å². The quantitative estimate of drug-likeness (QED) is 0.619. The standard InChI is InChI=1S/C21H23N3O3S/c1-4-24-20-13-15(2)5-10-18(20)19(14-22)21(24)16-6-8-17(9-7-16)27-12-11-23-28(3,25)26/h5-10,13,23H,4,11-12H2,1-3H3. The number of fused-ring (bicyclic) bond motifs is 1. The van der Waals surface area contributed by atoms with Crippen molar-refractivity contribution in [1.82, 2.24) is 9.29 Å². The van der Waals surface area contributed by atoms with Crippen LogP contribution >= 0.6 is 0 Å². The average Bonchev–Trinajstić information content (AvgIpc) is 2.97. The number of aryl methyl sites for hydroxylation is 2. The van der Waals surface area contributed by atoms with Gasteiger partial charge in [0.25, 0.3) is 0 Å².